The number of benzene rings is 2. The van der Waals surface area contributed by atoms with Crippen LogP contribution in [0.15, 0.2) is 36.4 Å². The van der Waals surface area contributed by atoms with E-state index in [0.29, 0.717) is 11.1 Å². The first kappa shape index (κ1) is 22.3. The molecule has 0 saturated carbocycles. The summed E-state index contributed by atoms with van der Waals surface area (Å²) in [5.41, 5.74) is 5.87. The SMILES string of the molecule is CCCCc1cc2c(cc1C(=O)c1ccc(C(=O)OC)cc1)C(C)(C)CCC2(C)C. The van der Waals surface area contributed by atoms with Gasteiger partial charge in [-0.2, -0.15) is 0 Å². The highest BCUT2D eigenvalue weighted by atomic mass is 16.5. The lowest BCUT2D eigenvalue weighted by Gasteiger charge is -2.42. The average Bonchev–Trinajstić information content (AvgIpc) is 2.74. The average molecular weight is 407 g/mol. The molecule has 3 rings (SSSR count). The van der Waals surface area contributed by atoms with E-state index in [4.69, 9.17) is 4.74 Å². The van der Waals surface area contributed by atoms with Gasteiger partial charge in [-0.25, -0.2) is 4.79 Å². The molecule has 0 radical (unpaired) electrons. The molecule has 0 aliphatic heterocycles. The molecule has 3 nitrogen and oxygen atoms in total. The molecular weight excluding hydrogens is 372 g/mol. The number of unbranched alkanes of at least 4 members (excludes halogenated alkanes) is 1. The monoisotopic (exact) mass is 406 g/mol. The Morgan fingerprint density at radius 2 is 1.43 bits per heavy atom. The van der Waals surface area contributed by atoms with Crippen molar-refractivity contribution in [1.82, 2.24) is 0 Å². The number of hydrogen-bond acceptors (Lipinski definition) is 3. The topological polar surface area (TPSA) is 43.4 Å². The Balaban J connectivity index is 2.10. The smallest absolute Gasteiger partial charge is 0.337 e. The van der Waals surface area contributed by atoms with E-state index >= 15 is 0 Å². The van der Waals surface area contributed by atoms with Crippen LogP contribution in [0, 0.1) is 0 Å². The van der Waals surface area contributed by atoms with E-state index in [-0.39, 0.29) is 16.6 Å². The molecule has 0 N–H and O–H groups in total. The molecule has 0 atom stereocenters. The third-order valence-corrected chi connectivity index (χ3v) is 6.69. The van der Waals surface area contributed by atoms with Crippen molar-refractivity contribution < 1.29 is 14.3 Å². The Hall–Kier alpha value is -2.42. The Kier molecular flexibility index (Phi) is 6.21. The summed E-state index contributed by atoms with van der Waals surface area (Å²) in [6, 6.07) is 11.3. The molecule has 0 saturated heterocycles. The lowest BCUT2D eigenvalue weighted by Crippen LogP contribution is -2.34. The van der Waals surface area contributed by atoms with Crippen LogP contribution in [0.1, 0.15) is 103 Å². The fraction of sp³-hybridized carbons (Fsp3) is 0.481. The van der Waals surface area contributed by atoms with Crippen LogP contribution in [0.4, 0.5) is 0 Å². The van der Waals surface area contributed by atoms with Gasteiger partial charge in [0.15, 0.2) is 5.78 Å². The maximum Gasteiger partial charge on any atom is 0.337 e. The van der Waals surface area contributed by atoms with Gasteiger partial charge in [-0.15, -0.1) is 0 Å². The standard InChI is InChI=1S/C27H34O3/c1-7-8-9-20-16-22-23(27(4,5)15-14-26(22,2)3)17-21(20)24(28)18-10-12-19(13-11-18)25(29)30-6/h10-13,16-17H,7-9,14-15H2,1-6H3. The summed E-state index contributed by atoms with van der Waals surface area (Å²) in [4.78, 5) is 25.2. The number of aryl methyl sites for hydroxylation is 1. The normalized spacial score (nSPS) is 16.6. The molecule has 1 aliphatic rings. The second-order valence-electron chi connectivity index (χ2n) is 9.82. The molecule has 1 aliphatic carbocycles. The van der Waals surface area contributed by atoms with Crippen molar-refractivity contribution in [3.63, 3.8) is 0 Å². The van der Waals surface area contributed by atoms with Crippen LogP contribution in [0.5, 0.6) is 0 Å². The minimum Gasteiger partial charge on any atom is -0.465 e. The van der Waals surface area contributed by atoms with Crippen LogP contribution in [0.25, 0.3) is 0 Å². The van der Waals surface area contributed by atoms with Gasteiger partial charge in [0.25, 0.3) is 0 Å². The third kappa shape index (κ3) is 4.21. The van der Waals surface area contributed by atoms with Crippen molar-refractivity contribution in [3.05, 3.63) is 69.8 Å². The zero-order valence-corrected chi connectivity index (χ0v) is 19.2. The highest BCUT2D eigenvalue weighted by Gasteiger charge is 2.38. The van der Waals surface area contributed by atoms with Gasteiger partial charge in [0.05, 0.1) is 12.7 Å². The number of methoxy groups -OCH3 is 1. The molecule has 3 heteroatoms. The zero-order chi connectivity index (χ0) is 22.1. The summed E-state index contributed by atoms with van der Waals surface area (Å²) in [6.07, 6.45) is 5.32. The maximum atomic E-state index is 13.5. The highest BCUT2D eigenvalue weighted by molar-refractivity contribution is 6.10. The minimum absolute atomic E-state index is 0.0273. The number of ketones is 1. The van der Waals surface area contributed by atoms with Crippen molar-refractivity contribution in [2.24, 2.45) is 0 Å². The number of hydrogen-bond donors (Lipinski definition) is 0. The predicted molar refractivity (Wildman–Crippen MR) is 122 cm³/mol. The molecule has 0 unspecified atom stereocenters. The van der Waals surface area contributed by atoms with Crippen molar-refractivity contribution in [1.29, 1.82) is 0 Å². The van der Waals surface area contributed by atoms with E-state index in [1.54, 1.807) is 24.3 Å². The summed E-state index contributed by atoms with van der Waals surface area (Å²) in [7, 11) is 1.36. The molecular formula is C27H34O3. The Labute approximate surface area is 180 Å². The Morgan fingerprint density at radius 3 is 1.97 bits per heavy atom. The predicted octanol–water partition coefficient (Wildman–Crippen LogP) is 6.40. The number of carbonyl (C=O) groups excluding carboxylic acids is 2. The zero-order valence-electron chi connectivity index (χ0n) is 19.2. The first-order valence-electron chi connectivity index (χ1n) is 11.0. The van der Waals surface area contributed by atoms with Crippen molar-refractivity contribution in [2.75, 3.05) is 7.11 Å². The number of carbonyl (C=O) groups is 2. The Bertz CT molecular complexity index is 949. The van der Waals surface area contributed by atoms with Gasteiger partial charge in [-0.1, -0.05) is 59.2 Å². The summed E-state index contributed by atoms with van der Waals surface area (Å²) in [6.45, 7) is 11.4. The molecule has 2 aromatic rings. The van der Waals surface area contributed by atoms with E-state index in [1.807, 2.05) is 0 Å². The number of fused-ring (bicyclic) bond motifs is 1. The summed E-state index contributed by atoms with van der Waals surface area (Å²) in [5.74, 6) is -0.366. The van der Waals surface area contributed by atoms with Gasteiger partial charge < -0.3 is 4.74 Å². The molecule has 0 bridgehead atoms. The van der Waals surface area contributed by atoms with Crippen LogP contribution < -0.4 is 0 Å². The molecule has 0 heterocycles. The van der Waals surface area contributed by atoms with E-state index in [1.165, 1.54) is 18.2 Å². The van der Waals surface area contributed by atoms with Gasteiger partial charge in [0.1, 0.15) is 0 Å². The Morgan fingerprint density at radius 1 is 0.900 bits per heavy atom. The summed E-state index contributed by atoms with van der Waals surface area (Å²) < 4.78 is 4.77. The fourth-order valence-electron chi connectivity index (χ4n) is 4.48. The van der Waals surface area contributed by atoms with E-state index < -0.39 is 5.97 Å². The second-order valence-corrected chi connectivity index (χ2v) is 9.82. The van der Waals surface area contributed by atoms with Crippen molar-refractivity contribution >= 4 is 11.8 Å². The summed E-state index contributed by atoms with van der Waals surface area (Å²) >= 11 is 0. The second kappa shape index (κ2) is 8.37. The third-order valence-electron chi connectivity index (χ3n) is 6.69. The quantitative estimate of drug-likeness (QED) is 0.412. The molecule has 2 aromatic carbocycles. The van der Waals surface area contributed by atoms with Crippen LogP contribution >= 0.6 is 0 Å². The van der Waals surface area contributed by atoms with Crippen molar-refractivity contribution in [3.8, 4) is 0 Å². The van der Waals surface area contributed by atoms with E-state index in [9.17, 15) is 9.59 Å². The summed E-state index contributed by atoms with van der Waals surface area (Å²) in [5, 5.41) is 0. The van der Waals surface area contributed by atoms with Gasteiger partial charge in [-0.05, 0) is 71.4 Å². The van der Waals surface area contributed by atoms with Crippen LogP contribution in [-0.2, 0) is 22.0 Å². The fourth-order valence-corrected chi connectivity index (χ4v) is 4.48. The van der Waals surface area contributed by atoms with Crippen LogP contribution in [-0.4, -0.2) is 18.9 Å². The largest absolute Gasteiger partial charge is 0.465 e. The minimum atomic E-state index is -0.393. The first-order chi connectivity index (χ1) is 14.1. The molecule has 0 spiro atoms. The lowest BCUT2D eigenvalue weighted by atomic mass is 9.62. The van der Waals surface area contributed by atoms with E-state index in [0.717, 1.165) is 43.2 Å². The van der Waals surface area contributed by atoms with Gasteiger partial charge >= 0.3 is 5.97 Å². The number of rotatable bonds is 6. The van der Waals surface area contributed by atoms with Gasteiger partial charge in [0.2, 0.25) is 0 Å². The lowest BCUT2D eigenvalue weighted by molar-refractivity contribution is 0.0600. The molecule has 0 amide bonds. The van der Waals surface area contributed by atoms with Crippen LogP contribution in [0.3, 0.4) is 0 Å². The molecule has 30 heavy (non-hydrogen) atoms. The molecule has 0 fully saturated rings. The van der Waals surface area contributed by atoms with E-state index in [2.05, 4.69) is 46.8 Å². The highest BCUT2D eigenvalue weighted by Crippen LogP contribution is 2.46. The first-order valence-corrected chi connectivity index (χ1v) is 11.0. The molecule has 160 valence electrons. The van der Waals surface area contributed by atoms with Crippen molar-refractivity contribution in [2.45, 2.75) is 77.6 Å². The molecule has 0 aromatic heterocycles. The van der Waals surface area contributed by atoms with Crippen LogP contribution in [0.2, 0.25) is 0 Å². The maximum absolute atomic E-state index is 13.5. The van der Waals surface area contributed by atoms with Gasteiger partial charge in [-0.3, -0.25) is 4.79 Å². The number of ether oxygens (including phenoxy) is 1. The number of esters is 1. The van der Waals surface area contributed by atoms with Gasteiger partial charge in [0, 0.05) is 11.1 Å².